The van der Waals surface area contributed by atoms with E-state index in [1.54, 1.807) is 0 Å². The minimum atomic E-state index is 0.499. The van der Waals surface area contributed by atoms with Crippen LogP contribution in [0.25, 0.3) is 0 Å². The molecule has 144 valence electrons. The number of hydrogen-bond donors (Lipinski definition) is 2. The largest absolute Gasteiger partial charge is 0.493 e. The topological polar surface area (TPSA) is 54.9 Å². The third kappa shape index (κ3) is 5.90. The Bertz CT molecular complexity index is 583. The summed E-state index contributed by atoms with van der Waals surface area (Å²) in [5, 5.41) is 6.77. The molecular weight excluding hydrogens is 326 g/mol. The molecule has 1 aliphatic carbocycles. The second kappa shape index (κ2) is 10.4. The molecule has 5 nitrogen and oxygen atoms in total. The highest BCUT2D eigenvalue weighted by atomic mass is 16.5. The van der Waals surface area contributed by atoms with Gasteiger partial charge in [-0.1, -0.05) is 31.4 Å². The molecule has 1 fully saturated rings. The number of fused-ring (bicyclic) bond motifs is 1. The van der Waals surface area contributed by atoms with Gasteiger partial charge in [0, 0.05) is 33.2 Å². The van der Waals surface area contributed by atoms with Crippen LogP contribution < -0.4 is 15.4 Å². The molecule has 0 unspecified atom stereocenters. The van der Waals surface area contributed by atoms with E-state index in [2.05, 4.69) is 33.8 Å². The van der Waals surface area contributed by atoms with Gasteiger partial charge in [-0.2, -0.15) is 0 Å². The number of benzene rings is 1. The van der Waals surface area contributed by atoms with Crippen molar-refractivity contribution in [1.82, 2.24) is 10.6 Å². The summed E-state index contributed by atoms with van der Waals surface area (Å²) in [5.41, 5.74) is 2.68. The van der Waals surface area contributed by atoms with Crippen molar-refractivity contribution in [1.29, 1.82) is 0 Å². The Morgan fingerprint density at radius 2 is 2.04 bits per heavy atom. The third-order valence-electron chi connectivity index (χ3n) is 5.20. The Morgan fingerprint density at radius 3 is 2.88 bits per heavy atom. The number of hydrogen-bond acceptors (Lipinski definition) is 3. The zero-order valence-electron chi connectivity index (χ0n) is 16.1. The summed E-state index contributed by atoms with van der Waals surface area (Å²) >= 11 is 0. The molecule has 0 aromatic heterocycles. The molecule has 1 aromatic rings. The molecule has 3 rings (SSSR count). The summed E-state index contributed by atoms with van der Waals surface area (Å²) in [7, 11) is 1.82. The van der Waals surface area contributed by atoms with Crippen molar-refractivity contribution in [3.05, 3.63) is 29.3 Å². The van der Waals surface area contributed by atoms with Gasteiger partial charge in [0.1, 0.15) is 5.75 Å². The molecule has 0 amide bonds. The van der Waals surface area contributed by atoms with Crippen molar-refractivity contribution >= 4 is 5.96 Å². The lowest BCUT2D eigenvalue weighted by Gasteiger charge is -2.22. The van der Waals surface area contributed by atoms with Crippen molar-refractivity contribution < 1.29 is 9.47 Å². The lowest BCUT2D eigenvalue weighted by Crippen LogP contribution is -2.39. The second-order valence-corrected chi connectivity index (χ2v) is 7.20. The fourth-order valence-corrected chi connectivity index (χ4v) is 3.70. The number of guanidine groups is 1. The van der Waals surface area contributed by atoms with E-state index in [0.29, 0.717) is 6.10 Å². The molecule has 5 heteroatoms. The van der Waals surface area contributed by atoms with Crippen LogP contribution >= 0.6 is 0 Å². The Balaban J connectivity index is 1.27. The smallest absolute Gasteiger partial charge is 0.190 e. The molecule has 26 heavy (non-hydrogen) atoms. The number of nitrogens with zero attached hydrogens (tertiary/aromatic N) is 1. The molecule has 0 radical (unpaired) electrons. The van der Waals surface area contributed by atoms with Crippen molar-refractivity contribution in [3.8, 4) is 5.75 Å². The van der Waals surface area contributed by atoms with Gasteiger partial charge >= 0.3 is 0 Å². The first-order valence-electron chi connectivity index (χ1n) is 10.2. The van der Waals surface area contributed by atoms with Gasteiger partial charge in [0.2, 0.25) is 0 Å². The van der Waals surface area contributed by atoms with E-state index >= 15 is 0 Å². The van der Waals surface area contributed by atoms with E-state index < -0.39 is 0 Å². The molecule has 0 atom stereocenters. The molecule has 2 aliphatic rings. The second-order valence-electron chi connectivity index (χ2n) is 7.20. The average molecular weight is 360 g/mol. The monoisotopic (exact) mass is 359 g/mol. The molecule has 1 saturated carbocycles. The molecule has 2 N–H and O–H groups in total. The molecule has 0 spiro atoms. The minimum absolute atomic E-state index is 0.499. The first-order chi connectivity index (χ1) is 12.8. The highest BCUT2D eigenvalue weighted by Gasteiger charge is 2.13. The van der Waals surface area contributed by atoms with E-state index in [4.69, 9.17) is 9.47 Å². The quantitative estimate of drug-likeness (QED) is 0.425. The zero-order chi connectivity index (χ0) is 18.0. The maximum absolute atomic E-state index is 5.96. The van der Waals surface area contributed by atoms with Crippen molar-refractivity contribution in [2.45, 2.75) is 57.5 Å². The van der Waals surface area contributed by atoms with Crippen LogP contribution in [-0.2, 0) is 17.6 Å². The fourth-order valence-electron chi connectivity index (χ4n) is 3.70. The highest BCUT2D eigenvalue weighted by Crippen LogP contribution is 2.25. The molecule has 1 heterocycles. The van der Waals surface area contributed by atoms with Gasteiger partial charge < -0.3 is 20.1 Å². The van der Waals surface area contributed by atoms with Gasteiger partial charge in [-0.3, -0.25) is 4.99 Å². The first kappa shape index (κ1) is 19.0. The van der Waals surface area contributed by atoms with E-state index in [1.165, 1.54) is 43.2 Å². The summed E-state index contributed by atoms with van der Waals surface area (Å²) < 4.78 is 11.5. The molecule has 0 bridgehead atoms. The van der Waals surface area contributed by atoms with E-state index in [-0.39, 0.29) is 0 Å². The van der Waals surface area contributed by atoms with Crippen molar-refractivity contribution in [2.24, 2.45) is 4.99 Å². The maximum atomic E-state index is 5.96. The Hall–Kier alpha value is -1.75. The predicted octanol–water partition coefficient (Wildman–Crippen LogP) is 3.07. The van der Waals surface area contributed by atoms with E-state index in [1.807, 2.05) is 7.05 Å². The summed E-state index contributed by atoms with van der Waals surface area (Å²) in [6.07, 6.45) is 10.1. The standard InChI is InChI=1S/C21H33N3O2/c1-22-21(23-12-5-14-25-19-6-3-2-4-7-19)24-13-10-17-8-9-20-18(16-17)11-15-26-20/h8-9,16,19H,2-7,10-15H2,1H3,(H2,22,23,24). The summed E-state index contributed by atoms with van der Waals surface area (Å²) in [5.74, 6) is 1.92. The Labute approximate surface area is 157 Å². The van der Waals surface area contributed by atoms with Gasteiger partial charge in [-0.05, 0) is 42.9 Å². The molecule has 0 saturated heterocycles. The van der Waals surface area contributed by atoms with Crippen LogP contribution in [0.4, 0.5) is 0 Å². The molecule has 1 aliphatic heterocycles. The van der Waals surface area contributed by atoms with Crippen LogP contribution in [0.5, 0.6) is 5.75 Å². The fraction of sp³-hybridized carbons (Fsp3) is 0.667. The van der Waals surface area contributed by atoms with Crippen LogP contribution in [0.2, 0.25) is 0 Å². The summed E-state index contributed by atoms with van der Waals surface area (Å²) in [6, 6.07) is 6.52. The molecular formula is C21H33N3O2. The van der Waals surface area contributed by atoms with Crippen LogP contribution in [0.1, 0.15) is 49.7 Å². The third-order valence-corrected chi connectivity index (χ3v) is 5.20. The SMILES string of the molecule is CN=C(NCCCOC1CCCCC1)NCCc1ccc2c(c1)CCO2. The van der Waals surface area contributed by atoms with Gasteiger partial charge in [-0.25, -0.2) is 0 Å². The van der Waals surface area contributed by atoms with E-state index in [0.717, 1.165) is 57.3 Å². The van der Waals surface area contributed by atoms with Crippen LogP contribution in [0, 0.1) is 0 Å². The van der Waals surface area contributed by atoms with Crippen molar-refractivity contribution in [3.63, 3.8) is 0 Å². The Kier molecular flexibility index (Phi) is 7.62. The lowest BCUT2D eigenvalue weighted by molar-refractivity contribution is 0.0277. The maximum Gasteiger partial charge on any atom is 0.190 e. The van der Waals surface area contributed by atoms with Gasteiger partial charge in [0.15, 0.2) is 5.96 Å². The van der Waals surface area contributed by atoms with E-state index in [9.17, 15) is 0 Å². The Morgan fingerprint density at radius 1 is 1.19 bits per heavy atom. The highest BCUT2D eigenvalue weighted by molar-refractivity contribution is 5.79. The van der Waals surface area contributed by atoms with Gasteiger partial charge in [0.25, 0.3) is 0 Å². The average Bonchev–Trinajstić information content (AvgIpc) is 3.15. The van der Waals surface area contributed by atoms with Crippen molar-refractivity contribution in [2.75, 3.05) is 33.4 Å². The number of ether oxygens (including phenoxy) is 2. The summed E-state index contributed by atoms with van der Waals surface area (Å²) in [6.45, 7) is 3.42. The van der Waals surface area contributed by atoms with Crippen LogP contribution in [0.3, 0.4) is 0 Å². The zero-order valence-corrected chi connectivity index (χ0v) is 16.1. The summed E-state index contributed by atoms with van der Waals surface area (Å²) in [4.78, 5) is 4.30. The number of aliphatic imine (C=N–C) groups is 1. The van der Waals surface area contributed by atoms with Crippen LogP contribution in [0.15, 0.2) is 23.2 Å². The van der Waals surface area contributed by atoms with Gasteiger partial charge in [0.05, 0.1) is 12.7 Å². The minimum Gasteiger partial charge on any atom is -0.493 e. The first-order valence-corrected chi connectivity index (χ1v) is 10.2. The molecule has 1 aromatic carbocycles. The number of rotatable bonds is 8. The normalized spacial score (nSPS) is 17.7. The van der Waals surface area contributed by atoms with Gasteiger partial charge in [-0.15, -0.1) is 0 Å². The lowest BCUT2D eigenvalue weighted by atomic mass is 9.98. The predicted molar refractivity (Wildman–Crippen MR) is 106 cm³/mol. The number of nitrogens with one attached hydrogen (secondary N) is 2. The van der Waals surface area contributed by atoms with Crippen LogP contribution in [-0.4, -0.2) is 45.4 Å².